The predicted octanol–water partition coefficient (Wildman–Crippen LogP) is 2.70. The minimum absolute atomic E-state index is 0.0243. The van der Waals surface area contributed by atoms with Crippen LogP contribution in [0.25, 0.3) is 6.08 Å². The van der Waals surface area contributed by atoms with Crippen LogP contribution in [0.2, 0.25) is 0 Å². The Morgan fingerprint density at radius 1 is 1.40 bits per heavy atom. The van der Waals surface area contributed by atoms with Crippen molar-refractivity contribution in [1.82, 2.24) is 4.98 Å². The smallest absolute Gasteiger partial charge is 0.328 e. The van der Waals surface area contributed by atoms with Crippen LogP contribution in [0.1, 0.15) is 37.7 Å². The molecule has 0 aliphatic heterocycles. The van der Waals surface area contributed by atoms with Crippen molar-refractivity contribution < 1.29 is 14.7 Å². The molecule has 5 heteroatoms. The van der Waals surface area contributed by atoms with Crippen LogP contribution < -0.4 is 5.32 Å². The van der Waals surface area contributed by atoms with Gasteiger partial charge in [0.05, 0.1) is 0 Å². The van der Waals surface area contributed by atoms with Crippen molar-refractivity contribution in [2.75, 3.05) is 5.32 Å². The highest BCUT2D eigenvalue weighted by Gasteiger charge is 2.18. The van der Waals surface area contributed by atoms with Crippen LogP contribution in [0.3, 0.4) is 0 Å². The molecule has 0 spiro atoms. The largest absolute Gasteiger partial charge is 0.478 e. The highest BCUT2D eigenvalue weighted by Crippen LogP contribution is 2.27. The van der Waals surface area contributed by atoms with E-state index >= 15 is 0 Å². The molecule has 0 bridgehead atoms. The average molecular weight is 274 g/mol. The van der Waals surface area contributed by atoms with Gasteiger partial charge in [0.25, 0.3) is 0 Å². The van der Waals surface area contributed by atoms with E-state index in [9.17, 15) is 9.59 Å². The van der Waals surface area contributed by atoms with Crippen LogP contribution in [0, 0.1) is 5.92 Å². The van der Waals surface area contributed by atoms with Crippen LogP contribution >= 0.6 is 0 Å². The number of pyridine rings is 1. The van der Waals surface area contributed by atoms with E-state index in [0.29, 0.717) is 23.7 Å². The molecule has 1 aliphatic rings. The van der Waals surface area contributed by atoms with Crippen LogP contribution in [0.4, 0.5) is 5.82 Å². The molecule has 0 unspecified atom stereocenters. The highest BCUT2D eigenvalue weighted by atomic mass is 16.4. The van der Waals surface area contributed by atoms with Gasteiger partial charge in [-0.3, -0.25) is 4.79 Å². The number of nitrogens with zero attached hydrogens (tertiary/aromatic N) is 1. The topological polar surface area (TPSA) is 79.3 Å². The molecule has 1 heterocycles. The first-order valence-corrected chi connectivity index (χ1v) is 6.80. The summed E-state index contributed by atoms with van der Waals surface area (Å²) in [7, 11) is 0. The number of carbonyl (C=O) groups is 2. The Bertz CT molecular complexity index is 520. The molecule has 1 aromatic heterocycles. The van der Waals surface area contributed by atoms with Gasteiger partial charge in [-0.25, -0.2) is 9.78 Å². The van der Waals surface area contributed by atoms with E-state index in [1.807, 2.05) is 0 Å². The molecule has 1 aromatic rings. The minimum atomic E-state index is -1.01. The SMILES string of the molecule is O=C(O)/C=C/c1ccnc(NC(=O)CC2CCCC2)c1. The fourth-order valence-electron chi connectivity index (χ4n) is 2.46. The number of carboxylic acid groups (broad SMARTS) is 1. The van der Waals surface area contributed by atoms with Crippen molar-refractivity contribution in [3.05, 3.63) is 30.0 Å². The molecule has 2 rings (SSSR count). The summed E-state index contributed by atoms with van der Waals surface area (Å²) in [5.74, 6) is -0.0805. The molecule has 1 saturated carbocycles. The first-order chi connectivity index (χ1) is 9.63. The van der Waals surface area contributed by atoms with E-state index in [2.05, 4.69) is 10.3 Å². The molecule has 0 atom stereocenters. The second kappa shape index (κ2) is 6.84. The second-order valence-electron chi connectivity index (χ2n) is 5.05. The van der Waals surface area contributed by atoms with Gasteiger partial charge in [-0.15, -0.1) is 0 Å². The molecular formula is C15H18N2O3. The van der Waals surface area contributed by atoms with Crippen LogP contribution in [0.5, 0.6) is 0 Å². The van der Waals surface area contributed by atoms with Gasteiger partial charge < -0.3 is 10.4 Å². The lowest BCUT2D eigenvalue weighted by molar-refractivity contribution is -0.131. The quantitative estimate of drug-likeness (QED) is 0.809. The number of nitrogens with one attached hydrogen (secondary N) is 1. The maximum absolute atomic E-state index is 11.9. The molecule has 1 aliphatic carbocycles. The monoisotopic (exact) mass is 274 g/mol. The molecule has 20 heavy (non-hydrogen) atoms. The van der Waals surface area contributed by atoms with Gasteiger partial charge in [0.1, 0.15) is 5.82 Å². The van der Waals surface area contributed by atoms with Gasteiger partial charge in [-0.2, -0.15) is 0 Å². The second-order valence-corrected chi connectivity index (χ2v) is 5.05. The van der Waals surface area contributed by atoms with Gasteiger partial charge in [-0.05, 0) is 42.5 Å². The Kier molecular flexibility index (Phi) is 4.87. The molecule has 2 N–H and O–H groups in total. The molecule has 0 saturated heterocycles. The summed E-state index contributed by atoms with van der Waals surface area (Å²) in [6.45, 7) is 0. The number of anilines is 1. The number of amides is 1. The molecule has 0 aromatic carbocycles. The van der Waals surface area contributed by atoms with Gasteiger partial charge in [-0.1, -0.05) is 12.8 Å². The summed E-state index contributed by atoms with van der Waals surface area (Å²) in [5.41, 5.74) is 0.693. The first kappa shape index (κ1) is 14.2. The number of hydrogen-bond donors (Lipinski definition) is 2. The normalized spacial score (nSPS) is 15.6. The van der Waals surface area contributed by atoms with E-state index in [4.69, 9.17) is 5.11 Å². The van der Waals surface area contributed by atoms with Crippen LogP contribution in [-0.2, 0) is 9.59 Å². The minimum Gasteiger partial charge on any atom is -0.478 e. The van der Waals surface area contributed by atoms with E-state index in [1.165, 1.54) is 18.9 Å². The van der Waals surface area contributed by atoms with E-state index < -0.39 is 5.97 Å². The molecule has 106 valence electrons. The third-order valence-electron chi connectivity index (χ3n) is 3.42. The Morgan fingerprint density at radius 3 is 2.85 bits per heavy atom. The van der Waals surface area contributed by atoms with E-state index in [1.54, 1.807) is 18.3 Å². The maximum Gasteiger partial charge on any atom is 0.328 e. The van der Waals surface area contributed by atoms with Crippen molar-refractivity contribution in [2.24, 2.45) is 5.92 Å². The summed E-state index contributed by atoms with van der Waals surface area (Å²) < 4.78 is 0. The molecule has 1 amide bonds. The van der Waals surface area contributed by atoms with Crippen molar-refractivity contribution in [2.45, 2.75) is 32.1 Å². The summed E-state index contributed by atoms with van der Waals surface area (Å²) in [6.07, 6.45) is 9.29. The van der Waals surface area contributed by atoms with Gasteiger partial charge >= 0.3 is 5.97 Å². The van der Waals surface area contributed by atoms with Gasteiger partial charge in [0, 0.05) is 18.7 Å². The molecule has 0 radical (unpaired) electrons. The third-order valence-corrected chi connectivity index (χ3v) is 3.42. The number of carboxylic acids is 1. The molecule has 5 nitrogen and oxygen atoms in total. The maximum atomic E-state index is 11.9. The first-order valence-electron chi connectivity index (χ1n) is 6.80. The standard InChI is InChI=1S/C15H18N2O3/c18-14(10-11-3-1-2-4-11)17-13-9-12(7-8-16-13)5-6-15(19)20/h5-9,11H,1-4,10H2,(H,19,20)(H,16,17,18)/b6-5+. The summed E-state index contributed by atoms with van der Waals surface area (Å²) in [5, 5.41) is 11.3. The molecule has 1 fully saturated rings. The zero-order valence-electron chi connectivity index (χ0n) is 11.2. The summed E-state index contributed by atoms with van der Waals surface area (Å²) in [6, 6.07) is 3.35. The molecular weight excluding hydrogens is 256 g/mol. The Hall–Kier alpha value is -2.17. The number of aliphatic carboxylic acids is 1. The van der Waals surface area contributed by atoms with Crippen molar-refractivity contribution in [1.29, 1.82) is 0 Å². The van der Waals surface area contributed by atoms with Crippen LogP contribution in [-0.4, -0.2) is 22.0 Å². The lowest BCUT2D eigenvalue weighted by Gasteiger charge is -2.09. The van der Waals surface area contributed by atoms with Crippen molar-refractivity contribution >= 4 is 23.8 Å². The van der Waals surface area contributed by atoms with E-state index in [0.717, 1.165) is 18.9 Å². The lowest BCUT2D eigenvalue weighted by Crippen LogP contribution is -2.15. The van der Waals surface area contributed by atoms with Gasteiger partial charge in [0.2, 0.25) is 5.91 Å². The lowest BCUT2D eigenvalue weighted by atomic mass is 10.0. The zero-order chi connectivity index (χ0) is 14.4. The van der Waals surface area contributed by atoms with Gasteiger partial charge in [0.15, 0.2) is 0 Å². The number of hydrogen-bond acceptors (Lipinski definition) is 3. The summed E-state index contributed by atoms with van der Waals surface area (Å²) >= 11 is 0. The number of carbonyl (C=O) groups excluding carboxylic acids is 1. The Morgan fingerprint density at radius 2 is 2.15 bits per heavy atom. The Balaban J connectivity index is 1.93. The summed E-state index contributed by atoms with van der Waals surface area (Å²) in [4.78, 5) is 26.4. The zero-order valence-corrected chi connectivity index (χ0v) is 11.2. The highest BCUT2D eigenvalue weighted by molar-refractivity contribution is 5.90. The van der Waals surface area contributed by atoms with Crippen molar-refractivity contribution in [3.63, 3.8) is 0 Å². The fraction of sp³-hybridized carbons (Fsp3) is 0.400. The van der Waals surface area contributed by atoms with E-state index in [-0.39, 0.29) is 5.91 Å². The third kappa shape index (κ3) is 4.50. The predicted molar refractivity (Wildman–Crippen MR) is 76.1 cm³/mol. The number of aromatic nitrogens is 1. The van der Waals surface area contributed by atoms with Crippen molar-refractivity contribution in [3.8, 4) is 0 Å². The number of rotatable bonds is 5. The fourth-order valence-corrected chi connectivity index (χ4v) is 2.46. The van der Waals surface area contributed by atoms with Crippen LogP contribution in [0.15, 0.2) is 24.4 Å². The average Bonchev–Trinajstić information content (AvgIpc) is 2.89. The Labute approximate surface area is 117 Å².